The van der Waals surface area contributed by atoms with Crippen molar-refractivity contribution in [3.05, 3.63) is 64.0 Å². The zero-order valence-corrected chi connectivity index (χ0v) is 19.3. The minimum Gasteiger partial charge on any atom is -0.378 e. The Kier molecular flexibility index (Phi) is 5.40. The maximum absolute atomic E-state index is 13.3. The molecule has 0 bridgehead atoms. The van der Waals surface area contributed by atoms with Gasteiger partial charge in [-0.15, -0.1) is 0 Å². The molecule has 1 amide bonds. The summed E-state index contributed by atoms with van der Waals surface area (Å²) in [4.78, 5) is 20.0. The van der Waals surface area contributed by atoms with Gasteiger partial charge in [-0.25, -0.2) is 9.67 Å². The Morgan fingerprint density at radius 2 is 1.97 bits per heavy atom. The van der Waals surface area contributed by atoms with Gasteiger partial charge in [-0.2, -0.15) is 14.7 Å². The zero-order chi connectivity index (χ0) is 22.2. The Morgan fingerprint density at radius 1 is 1.16 bits per heavy atom. The summed E-state index contributed by atoms with van der Waals surface area (Å²) < 4.78 is 9.98. The van der Waals surface area contributed by atoms with Gasteiger partial charge in [0.2, 0.25) is 0 Å². The molecule has 1 saturated heterocycles. The molecule has 164 valence electrons. The van der Waals surface area contributed by atoms with Gasteiger partial charge in [0.05, 0.1) is 42.0 Å². The standard InChI is InChI=1S/C22H22BrN7O2/c1-14-21(15(2)29(27-14)17-5-3-4-16(23)12-17)22(31)26-18-13-20(28-8-10-32-11-9-28)30-19(25-18)6-7-24-30/h3-7,12-13H,8-11H2,1-2H3,(H,25,26,31). The molecule has 1 fully saturated rings. The van der Waals surface area contributed by atoms with E-state index in [-0.39, 0.29) is 5.91 Å². The molecule has 4 aromatic rings. The second kappa shape index (κ2) is 8.36. The van der Waals surface area contributed by atoms with Crippen molar-refractivity contribution in [2.75, 3.05) is 36.5 Å². The number of ether oxygens (including phenoxy) is 1. The molecule has 9 nitrogen and oxygen atoms in total. The Morgan fingerprint density at radius 3 is 2.75 bits per heavy atom. The number of halogens is 1. The fraction of sp³-hybridized carbons (Fsp3) is 0.273. The Bertz CT molecular complexity index is 1310. The van der Waals surface area contributed by atoms with Gasteiger partial charge in [0, 0.05) is 29.7 Å². The van der Waals surface area contributed by atoms with Crippen LogP contribution in [-0.2, 0) is 4.74 Å². The van der Waals surface area contributed by atoms with Crippen molar-refractivity contribution in [1.29, 1.82) is 0 Å². The number of carbonyl (C=O) groups is 1. The lowest BCUT2D eigenvalue weighted by atomic mass is 10.2. The molecule has 1 aliphatic rings. The number of nitrogens with one attached hydrogen (secondary N) is 1. The highest BCUT2D eigenvalue weighted by atomic mass is 79.9. The average Bonchev–Trinajstić information content (AvgIpc) is 3.37. The van der Waals surface area contributed by atoms with Crippen LogP contribution in [0.4, 0.5) is 11.6 Å². The van der Waals surface area contributed by atoms with E-state index in [0.29, 0.717) is 35.9 Å². The Hall–Kier alpha value is -3.24. The summed E-state index contributed by atoms with van der Waals surface area (Å²) in [7, 11) is 0. The maximum atomic E-state index is 13.3. The number of morpholine rings is 1. The number of rotatable bonds is 4. The quantitative estimate of drug-likeness (QED) is 0.466. The van der Waals surface area contributed by atoms with Gasteiger partial charge >= 0.3 is 0 Å². The van der Waals surface area contributed by atoms with Gasteiger partial charge in [-0.05, 0) is 32.0 Å². The van der Waals surface area contributed by atoms with Crippen LogP contribution in [-0.4, -0.2) is 56.6 Å². The van der Waals surface area contributed by atoms with Crippen LogP contribution >= 0.6 is 15.9 Å². The first kappa shape index (κ1) is 20.7. The van der Waals surface area contributed by atoms with Crippen molar-refractivity contribution in [3.8, 4) is 5.69 Å². The smallest absolute Gasteiger partial charge is 0.260 e. The van der Waals surface area contributed by atoms with E-state index in [1.807, 2.05) is 50.2 Å². The summed E-state index contributed by atoms with van der Waals surface area (Å²) in [5.41, 5.74) is 3.50. The molecule has 1 aliphatic heterocycles. The van der Waals surface area contributed by atoms with Gasteiger partial charge in [-0.3, -0.25) is 4.79 Å². The van der Waals surface area contributed by atoms with E-state index < -0.39 is 0 Å². The highest BCUT2D eigenvalue weighted by Crippen LogP contribution is 2.24. The summed E-state index contributed by atoms with van der Waals surface area (Å²) in [6.45, 7) is 6.54. The van der Waals surface area contributed by atoms with Gasteiger partial charge in [0.25, 0.3) is 5.91 Å². The van der Waals surface area contributed by atoms with Crippen LogP contribution in [0.3, 0.4) is 0 Å². The van der Waals surface area contributed by atoms with Crippen LogP contribution in [0.15, 0.2) is 47.1 Å². The van der Waals surface area contributed by atoms with E-state index in [1.54, 1.807) is 15.4 Å². The largest absolute Gasteiger partial charge is 0.378 e. The summed E-state index contributed by atoms with van der Waals surface area (Å²) in [6.07, 6.45) is 1.70. The third-order valence-corrected chi connectivity index (χ3v) is 5.98. The number of aryl methyl sites for hydroxylation is 1. The highest BCUT2D eigenvalue weighted by molar-refractivity contribution is 9.10. The third-order valence-electron chi connectivity index (χ3n) is 5.49. The highest BCUT2D eigenvalue weighted by Gasteiger charge is 2.22. The van der Waals surface area contributed by atoms with E-state index in [9.17, 15) is 4.79 Å². The van der Waals surface area contributed by atoms with E-state index in [1.165, 1.54) is 0 Å². The molecule has 0 unspecified atom stereocenters. The third kappa shape index (κ3) is 3.76. The molecule has 0 radical (unpaired) electrons. The molecule has 0 spiro atoms. The van der Waals surface area contributed by atoms with Crippen molar-refractivity contribution in [2.45, 2.75) is 13.8 Å². The molecule has 1 N–H and O–H groups in total. The average molecular weight is 496 g/mol. The SMILES string of the molecule is Cc1nn(-c2cccc(Br)c2)c(C)c1C(=O)Nc1cc(N2CCOCC2)n2nccc2n1. The first-order valence-electron chi connectivity index (χ1n) is 10.3. The molecule has 1 aromatic carbocycles. The summed E-state index contributed by atoms with van der Waals surface area (Å²) in [5, 5.41) is 11.9. The lowest BCUT2D eigenvalue weighted by molar-refractivity contribution is 0.102. The molecule has 5 rings (SSSR count). The summed E-state index contributed by atoms with van der Waals surface area (Å²) >= 11 is 3.49. The van der Waals surface area contributed by atoms with Crippen molar-refractivity contribution >= 4 is 39.1 Å². The van der Waals surface area contributed by atoms with E-state index in [4.69, 9.17) is 4.74 Å². The molecule has 10 heteroatoms. The molecular formula is C22H22BrN7O2. The van der Waals surface area contributed by atoms with E-state index in [2.05, 4.69) is 41.3 Å². The number of anilines is 2. The minimum atomic E-state index is -0.245. The van der Waals surface area contributed by atoms with Gasteiger partial charge < -0.3 is 15.0 Å². The van der Waals surface area contributed by atoms with Crippen molar-refractivity contribution < 1.29 is 9.53 Å². The van der Waals surface area contributed by atoms with Gasteiger partial charge in [-0.1, -0.05) is 22.0 Å². The lowest BCUT2D eigenvalue weighted by Gasteiger charge is -2.29. The molecule has 32 heavy (non-hydrogen) atoms. The number of hydrogen-bond acceptors (Lipinski definition) is 6. The van der Waals surface area contributed by atoms with Gasteiger partial charge in [0.1, 0.15) is 11.6 Å². The summed E-state index contributed by atoms with van der Waals surface area (Å²) in [6, 6.07) is 11.5. The first-order valence-corrected chi connectivity index (χ1v) is 11.1. The number of carbonyl (C=O) groups excluding carboxylic acids is 1. The Balaban J connectivity index is 1.48. The fourth-order valence-corrected chi connectivity index (χ4v) is 4.37. The number of hydrogen-bond donors (Lipinski definition) is 1. The van der Waals surface area contributed by atoms with Crippen LogP contribution in [0.2, 0.25) is 0 Å². The number of benzene rings is 1. The van der Waals surface area contributed by atoms with Crippen LogP contribution < -0.4 is 10.2 Å². The van der Waals surface area contributed by atoms with Crippen molar-refractivity contribution in [3.63, 3.8) is 0 Å². The monoisotopic (exact) mass is 495 g/mol. The van der Waals surface area contributed by atoms with E-state index in [0.717, 1.165) is 34.8 Å². The van der Waals surface area contributed by atoms with Gasteiger partial charge in [0.15, 0.2) is 5.65 Å². The summed E-state index contributed by atoms with van der Waals surface area (Å²) in [5.74, 6) is 1.10. The topological polar surface area (TPSA) is 89.6 Å². The number of nitrogens with zero attached hydrogens (tertiary/aromatic N) is 6. The second-order valence-corrected chi connectivity index (χ2v) is 8.51. The minimum absolute atomic E-state index is 0.245. The van der Waals surface area contributed by atoms with Crippen LogP contribution in [0.5, 0.6) is 0 Å². The Labute approximate surface area is 193 Å². The predicted molar refractivity (Wildman–Crippen MR) is 125 cm³/mol. The number of fused-ring (bicyclic) bond motifs is 1. The normalized spacial score (nSPS) is 14.2. The molecule has 0 atom stereocenters. The lowest BCUT2D eigenvalue weighted by Crippen LogP contribution is -2.37. The van der Waals surface area contributed by atoms with Crippen LogP contribution in [0, 0.1) is 13.8 Å². The van der Waals surface area contributed by atoms with Crippen molar-refractivity contribution in [1.82, 2.24) is 24.4 Å². The molecular weight excluding hydrogens is 474 g/mol. The molecule has 4 heterocycles. The molecule has 0 aliphatic carbocycles. The van der Waals surface area contributed by atoms with Crippen LogP contribution in [0.1, 0.15) is 21.7 Å². The molecule has 3 aromatic heterocycles. The second-order valence-electron chi connectivity index (χ2n) is 7.59. The zero-order valence-electron chi connectivity index (χ0n) is 17.7. The maximum Gasteiger partial charge on any atom is 0.260 e. The molecule has 0 saturated carbocycles. The number of amides is 1. The predicted octanol–water partition coefficient (Wildman–Crippen LogP) is 3.38. The van der Waals surface area contributed by atoms with Crippen LogP contribution in [0.25, 0.3) is 11.3 Å². The first-order chi connectivity index (χ1) is 15.5. The van der Waals surface area contributed by atoms with Crippen molar-refractivity contribution in [2.24, 2.45) is 0 Å². The number of aromatic nitrogens is 5. The van der Waals surface area contributed by atoms with E-state index >= 15 is 0 Å². The fourth-order valence-electron chi connectivity index (χ4n) is 3.99.